The Bertz CT molecular complexity index is 611. The third-order valence-electron chi connectivity index (χ3n) is 3.15. The first kappa shape index (κ1) is 15.0. The standard InChI is InChI=1S/C16H18BrNO2/c1-10(2)12-5-4-11(3)15(7-12)20-16-13(9-19)6-14(17)8-18-16/h4-8,10,19H,9H2,1-3H3. The third-order valence-corrected chi connectivity index (χ3v) is 3.58. The van der Waals surface area contributed by atoms with Gasteiger partial charge in [0, 0.05) is 16.2 Å². The zero-order valence-electron chi connectivity index (χ0n) is 11.9. The van der Waals surface area contributed by atoms with E-state index in [0.29, 0.717) is 17.4 Å². The fourth-order valence-corrected chi connectivity index (χ4v) is 2.24. The molecule has 106 valence electrons. The van der Waals surface area contributed by atoms with Gasteiger partial charge in [0.05, 0.1) is 6.61 Å². The van der Waals surface area contributed by atoms with Crippen molar-refractivity contribution in [2.75, 3.05) is 0 Å². The smallest absolute Gasteiger partial charge is 0.224 e. The molecule has 0 spiro atoms. The Balaban J connectivity index is 2.36. The lowest BCUT2D eigenvalue weighted by Crippen LogP contribution is -1.97. The van der Waals surface area contributed by atoms with Crippen LogP contribution >= 0.6 is 15.9 Å². The van der Waals surface area contributed by atoms with Gasteiger partial charge in [-0.2, -0.15) is 0 Å². The van der Waals surface area contributed by atoms with Crippen molar-refractivity contribution in [2.24, 2.45) is 0 Å². The van der Waals surface area contributed by atoms with Crippen molar-refractivity contribution in [3.63, 3.8) is 0 Å². The molecule has 0 fully saturated rings. The van der Waals surface area contributed by atoms with Crippen molar-refractivity contribution in [3.8, 4) is 11.6 Å². The molecule has 3 nitrogen and oxygen atoms in total. The van der Waals surface area contributed by atoms with Crippen molar-refractivity contribution >= 4 is 15.9 Å². The largest absolute Gasteiger partial charge is 0.438 e. The number of halogens is 1. The number of hydrogen-bond acceptors (Lipinski definition) is 3. The lowest BCUT2D eigenvalue weighted by molar-refractivity contribution is 0.275. The molecule has 0 aliphatic heterocycles. The first-order chi connectivity index (χ1) is 9.51. The molecular formula is C16H18BrNO2. The van der Waals surface area contributed by atoms with E-state index in [9.17, 15) is 5.11 Å². The van der Waals surface area contributed by atoms with E-state index < -0.39 is 0 Å². The summed E-state index contributed by atoms with van der Waals surface area (Å²) in [4.78, 5) is 4.23. The molecule has 0 unspecified atom stereocenters. The molecule has 0 aliphatic rings. The number of ether oxygens (including phenoxy) is 1. The Hall–Kier alpha value is -1.39. The van der Waals surface area contributed by atoms with Gasteiger partial charge in [0.2, 0.25) is 5.88 Å². The molecule has 0 radical (unpaired) electrons. The Morgan fingerprint density at radius 1 is 1.30 bits per heavy atom. The Morgan fingerprint density at radius 2 is 2.05 bits per heavy atom. The molecular weight excluding hydrogens is 318 g/mol. The number of aromatic nitrogens is 1. The zero-order valence-corrected chi connectivity index (χ0v) is 13.4. The summed E-state index contributed by atoms with van der Waals surface area (Å²) in [5, 5.41) is 9.39. The number of hydrogen-bond donors (Lipinski definition) is 1. The van der Waals surface area contributed by atoms with Gasteiger partial charge >= 0.3 is 0 Å². The summed E-state index contributed by atoms with van der Waals surface area (Å²) >= 11 is 3.34. The molecule has 1 heterocycles. The molecule has 20 heavy (non-hydrogen) atoms. The summed E-state index contributed by atoms with van der Waals surface area (Å²) in [6.45, 7) is 6.18. The van der Waals surface area contributed by atoms with E-state index in [1.807, 2.05) is 25.1 Å². The SMILES string of the molecule is Cc1ccc(C(C)C)cc1Oc1ncc(Br)cc1CO. The van der Waals surface area contributed by atoms with Crippen molar-refractivity contribution in [3.05, 3.63) is 51.6 Å². The highest BCUT2D eigenvalue weighted by Gasteiger charge is 2.10. The van der Waals surface area contributed by atoms with Crippen molar-refractivity contribution in [1.82, 2.24) is 4.98 Å². The van der Waals surface area contributed by atoms with Crippen LogP contribution in [0.2, 0.25) is 0 Å². The molecule has 0 atom stereocenters. The lowest BCUT2D eigenvalue weighted by Gasteiger charge is -2.13. The molecule has 1 N–H and O–H groups in total. The van der Waals surface area contributed by atoms with E-state index in [4.69, 9.17) is 4.74 Å². The highest BCUT2D eigenvalue weighted by atomic mass is 79.9. The lowest BCUT2D eigenvalue weighted by atomic mass is 10.0. The van der Waals surface area contributed by atoms with Crippen LogP contribution in [0.15, 0.2) is 34.9 Å². The van der Waals surface area contributed by atoms with E-state index in [0.717, 1.165) is 15.8 Å². The van der Waals surface area contributed by atoms with Crippen LogP contribution in [-0.4, -0.2) is 10.1 Å². The van der Waals surface area contributed by atoms with Crippen LogP contribution in [0.5, 0.6) is 11.6 Å². The number of benzene rings is 1. The fraction of sp³-hybridized carbons (Fsp3) is 0.312. The molecule has 2 aromatic rings. The average molecular weight is 336 g/mol. The van der Waals surface area contributed by atoms with E-state index in [1.165, 1.54) is 5.56 Å². The van der Waals surface area contributed by atoms with Gasteiger partial charge in [0.1, 0.15) is 5.75 Å². The number of aliphatic hydroxyl groups excluding tert-OH is 1. The second-order valence-corrected chi connectivity index (χ2v) is 5.97. The van der Waals surface area contributed by atoms with Crippen LogP contribution in [0.4, 0.5) is 0 Å². The maximum atomic E-state index is 9.39. The van der Waals surface area contributed by atoms with Gasteiger partial charge < -0.3 is 9.84 Å². The second kappa shape index (κ2) is 6.37. The summed E-state index contributed by atoms with van der Waals surface area (Å²) in [5.41, 5.74) is 2.92. The van der Waals surface area contributed by atoms with Gasteiger partial charge in [-0.05, 0) is 52.0 Å². The highest BCUT2D eigenvalue weighted by Crippen LogP contribution is 2.30. The predicted molar refractivity (Wildman–Crippen MR) is 83.2 cm³/mol. The van der Waals surface area contributed by atoms with Crippen LogP contribution < -0.4 is 4.74 Å². The minimum Gasteiger partial charge on any atom is -0.438 e. The summed E-state index contributed by atoms with van der Waals surface area (Å²) in [6.07, 6.45) is 1.66. The number of aliphatic hydroxyl groups is 1. The van der Waals surface area contributed by atoms with Gasteiger partial charge in [-0.1, -0.05) is 26.0 Å². The van der Waals surface area contributed by atoms with Crippen LogP contribution in [0.1, 0.15) is 36.5 Å². The number of rotatable bonds is 4. The average Bonchev–Trinajstić information content (AvgIpc) is 2.42. The zero-order chi connectivity index (χ0) is 14.7. The molecule has 2 rings (SSSR count). The minimum absolute atomic E-state index is 0.106. The third kappa shape index (κ3) is 3.38. The Kier molecular flexibility index (Phi) is 4.78. The quantitative estimate of drug-likeness (QED) is 0.890. The minimum atomic E-state index is -0.106. The van der Waals surface area contributed by atoms with E-state index in [-0.39, 0.29) is 6.61 Å². The molecule has 0 saturated heterocycles. The van der Waals surface area contributed by atoms with Gasteiger partial charge in [-0.15, -0.1) is 0 Å². The Labute approximate surface area is 127 Å². The first-order valence-corrected chi connectivity index (χ1v) is 7.34. The van der Waals surface area contributed by atoms with Crippen LogP contribution in [0.25, 0.3) is 0 Å². The summed E-state index contributed by atoms with van der Waals surface area (Å²) in [5.74, 6) is 1.66. The summed E-state index contributed by atoms with van der Waals surface area (Å²) < 4.78 is 6.71. The molecule has 1 aromatic carbocycles. The predicted octanol–water partition coefficient (Wildman–Crippen LogP) is 4.56. The van der Waals surface area contributed by atoms with E-state index in [2.05, 4.69) is 40.8 Å². The van der Waals surface area contributed by atoms with Crippen molar-refractivity contribution in [2.45, 2.75) is 33.3 Å². The summed E-state index contributed by atoms with van der Waals surface area (Å²) in [6, 6.07) is 7.99. The number of pyridine rings is 1. The van der Waals surface area contributed by atoms with Crippen LogP contribution in [0.3, 0.4) is 0 Å². The second-order valence-electron chi connectivity index (χ2n) is 5.06. The number of aryl methyl sites for hydroxylation is 1. The van der Waals surface area contributed by atoms with E-state index >= 15 is 0 Å². The molecule has 4 heteroatoms. The Morgan fingerprint density at radius 3 is 2.70 bits per heavy atom. The first-order valence-electron chi connectivity index (χ1n) is 6.55. The molecule has 0 aliphatic carbocycles. The number of nitrogens with zero attached hydrogens (tertiary/aromatic N) is 1. The molecule has 1 aromatic heterocycles. The van der Waals surface area contributed by atoms with Gasteiger partial charge in [0.15, 0.2) is 0 Å². The van der Waals surface area contributed by atoms with Crippen molar-refractivity contribution in [1.29, 1.82) is 0 Å². The fourth-order valence-electron chi connectivity index (χ4n) is 1.86. The molecule has 0 amide bonds. The van der Waals surface area contributed by atoms with E-state index in [1.54, 1.807) is 6.20 Å². The van der Waals surface area contributed by atoms with Gasteiger partial charge in [-0.3, -0.25) is 0 Å². The maximum absolute atomic E-state index is 9.39. The normalized spacial score (nSPS) is 10.9. The highest BCUT2D eigenvalue weighted by molar-refractivity contribution is 9.10. The molecule has 0 saturated carbocycles. The van der Waals surface area contributed by atoms with Crippen molar-refractivity contribution < 1.29 is 9.84 Å². The maximum Gasteiger partial charge on any atom is 0.224 e. The molecule has 0 bridgehead atoms. The van der Waals surface area contributed by atoms with Crippen LogP contribution in [-0.2, 0) is 6.61 Å². The van der Waals surface area contributed by atoms with Crippen LogP contribution in [0, 0.1) is 6.92 Å². The van der Waals surface area contributed by atoms with Gasteiger partial charge in [0.25, 0.3) is 0 Å². The monoisotopic (exact) mass is 335 g/mol. The summed E-state index contributed by atoms with van der Waals surface area (Å²) in [7, 11) is 0. The van der Waals surface area contributed by atoms with Gasteiger partial charge in [-0.25, -0.2) is 4.98 Å². The topological polar surface area (TPSA) is 42.4 Å².